The normalized spacial score (nSPS) is 15.4. The molecule has 0 atom stereocenters. The second-order valence-corrected chi connectivity index (χ2v) is 6.98. The molecule has 0 radical (unpaired) electrons. The Morgan fingerprint density at radius 3 is 2.83 bits per heavy atom. The van der Waals surface area contributed by atoms with Gasteiger partial charge in [-0.15, -0.1) is 16.4 Å². The largest absolute Gasteiger partial charge is 0.353 e. The number of carbonyl (C=O) groups excluding carboxylic acids is 1. The van der Waals surface area contributed by atoms with Crippen molar-refractivity contribution in [1.82, 2.24) is 20.1 Å². The Morgan fingerprint density at radius 2 is 2.08 bits per heavy atom. The second-order valence-electron chi connectivity index (χ2n) is 6.04. The molecular formula is C17H23N5OS. The molecule has 0 unspecified atom stereocenters. The smallest absolute Gasteiger partial charge is 0.273 e. The number of rotatable bonds is 4. The molecular weight excluding hydrogens is 322 g/mol. The zero-order chi connectivity index (χ0) is 16.9. The van der Waals surface area contributed by atoms with E-state index in [9.17, 15) is 4.79 Å². The summed E-state index contributed by atoms with van der Waals surface area (Å²) in [5.41, 5.74) is 1.50. The van der Waals surface area contributed by atoms with Crippen LogP contribution in [-0.4, -0.2) is 52.2 Å². The van der Waals surface area contributed by atoms with Gasteiger partial charge in [-0.05, 0) is 38.3 Å². The SMILES string of the molecule is CCCc1nc(C(=O)N2CCCN(c3ccc(C)nn3)CC2)cs1. The van der Waals surface area contributed by atoms with Gasteiger partial charge in [0.25, 0.3) is 5.91 Å². The van der Waals surface area contributed by atoms with Crippen molar-refractivity contribution in [3.05, 3.63) is 33.9 Å². The van der Waals surface area contributed by atoms with E-state index < -0.39 is 0 Å². The van der Waals surface area contributed by atoms with Crippen LogP contribution in [0.3, 0.4) is 0 Å². The maximum Gasteiger partial charge on any atom is 0.273 e. The van der Waals surface area contributed by atoms with Gasteiger partial charge in [-0.2, -0.15) is 5.10 Å². The lowest BCUT2D eigenvalue weighted by Crippen LogP contribution is -2.35. The van der Waals surface area contributed by atoms with Gasteiger partial charge in [0.05, 0.1) is 10.7 Å². The van der Waals surface area contributed by atoms with Crippen LogP contribution in [0.2, 0.25) is 0 Å². The second kappa shape index (κ2) is 7.70. The zero-order valence-electron chi connectivity index (χ0n) is 14.2. The molecule has 0 aromatic carbocycles. The van der Waals surface area contributed by atoms with Crippen LogP contribution in [0.1, 0.15) is 41.0 Å². The van der Waals surface area contributed by atoms with Crippen molar-refractivity contribution in [2.75, 3.05) is 31.1 Å². The zero-order valence-corrected chi connectivity index (χ0v) is 15.1. The van der Waals surface area contributed by atoms with E-state index in [0.29, 0.717) is 12.2 Å². The van der Waals surface area contributed by atoms with Gasteiger partial charge < -0.3 is 9.80 Å². The van der Waals surface area contributed by atoms with Crippen molar-refractivity contribution in [3.8, 4) is 0 Å². The number of hydrogen-bond donors (Lipinski definition) is 0. The number of thiazole rings is 1. The molecule has 0 spiro atoms. The van der Waals surface area contributed by atoms with Gasteiger partial charge in [0.2, 0.25) is 0 Å². The summed E-state index contributed by atoms with van der Waals surface area (Å²) in [7, 11) is 0. The van der Waals surface area contributed by atoms with Crippen LogP contribution in [-0.2, 0) is 6.42 Å². The lowest BCUT2D eigenvalue weighted by Gasteiger charge is -2.22. The van der Waals surface area contributed by atoms with Gasteiger partial charge in [-0.1, -0.05) is 6.92 Å². The average Bonchev–Trinajstić information content (AvgIpc) is 2.91. The van der Waals surface area contributed by atoms with Crippen molar-refractivity contribution < 1.29 is 4.79 Å². The van der Waals surface area contributed by atoms with E-state index in [0.717, 1.165) is 55.4 Å². The van der Waals surface area contributed by atoms with Crippen molar-refractivity contribution in [1.29, 1.82) is 0 Å². The number of aromatic nitrogens is 3. The molecule has 1 saturated heterocycles. The van der Waals surface area contributed by atoms with Gasteiger partial charge in [0.1, 0.15) is 5.69 Å². The maximum absolute atomic E-state index is 12.7. The first-order valence-corrected chi connectivity index (χ1v) is 9.34. The van der Waals surface area contributed by atoms with Crippen molar-refractivity contribution in [2.24, 2.45) is 0 Å². The van der Waals surface area contributed by atoms with Gasteiger partial charge in [0, 0.05) is 31.6 Å². The highest BCUT2D eigenvalue weighted by atomic mass is 32.1. The third kappa shape index (κ3) is 3.90. The Kier molecular flexibility index (Phi) is 5.40. The molecule has 24 heavy (non-hydrogen) atoms. The quantitative estimate of drug-likeness (QED) is 0.852. The Morgan fingerprint density at radius 1 is 1.21 bits per heavy atom. The van der Waals surface area contributed by atoms with Crippen molar-refractivity contribution in [3.63, 3.8) is 0 Å². The monoisotopic (exact) mass is 345 g/mol. The summed E-state index contributed by atoms with van der Waals surface area (Å²) in [6.45, 7) is 7.17. The van der Waals surface area contributed by atoms with E-state index >= 15 is 0 Å². The molecule has 1 amide bonds. The molecule has 1 fully saturated rings. The summed E-state index contributed by atoms with van der Waals surface area (Å²) in [5.74, 6) is 0.930. The molecule has 7 heteroatoms. The van der Waals surface area contributed by atoms with Crippen LogP contribution in [0, 0.1) is 6.92 Å². The minimum absolute atomic E-state index is 0.0467. The van der Waals surface area contributed by atoms with E-state index in [-0.39, 0.29) is 5.91 Å². The highest BCUT2D eigenvalue weighted by Crippen LogP contribution is 2.17. The summed E-state index contributed by atoms with van der Waals surface area (Å²) >= 11 is 1.58. The predicted octanol–water partition coefficient (Wildman–Crippen LogP) is 2.55. The van der Waals surface area contributed by atoms with Crippen LogP contribution in [0.5, 0.6) is 0 Å². The molecule has 1 aliphatic heterocycles. The number of aryl methyl sites for hydroxylation is 2. The van der Waals surface area contributed by atoms with Crippen molar-refractivity contribution >= 4 is 23.1 Å². The van der Waals surface area contributed by atoms with Gasteiger partial charge in [-0.3, -0.25) is 4.79 Å². The summed E-state index contributed by atoms with van der Waals surface area (Å²) in [6, 6.07) is 3.97. The average molecular weight is 345 g/mol. The fourth-order valence-electron chi connectivity index (χ4n) is 2.81. The highest BCUT2D eigenvalue weighted by molar-refractivity contribution is 7.09. The first-order valence-electron chi connectivity index (χ1n) is 8.46. The van der Waals surface area contributed by atoms with E-state index in [4.69, 9.17) is 0 Å². The first-order chi connectivity index (χ1) is 11.7. The highest BCUT2D eigenvalue weighted by Gasteiger charge is 2.22. The molecule has 1 aliphatic rings. The molecule has 2 aromatic heterocycles. The fraction of sp³-hybridized carbons (Fsp3) is 0.529. The fourth-order valence-corrected chi connectivity index (χ4v) is 3.68. The molecule has 6 nitrogen and oxygen atoms in total. The molecule has 0 N–H and O–H groups in total. The Labute approximate surface area is 146 Å². The predicted molar refractivity (Wildman–Crippen MR) is 95.6 cm³/mol. The van der Waals surface area contributed by atoms with Crippen molar-refractivity contribution in [2.45, 2.75) is 33.1 Å². The molecule has 0 bridgehead atoms. The lowest BCUT2D eigenvalue weighted by molar-refractivity contribution is 0.0761. The van der Waals surface area contributed by atoms with Crippen LogP contribution in [0.25, 0.3) is 0 Å². The number of nitrogens with zero attached hydrogens (tertiary/aromatic N) is 5. The van der Waals surface area contributed by atoms with Gasteiger partial charge in [0.15, 0.2) is 5.82 Å². The van der Waals surface area contributed by atoms with E-state index in [1.807, 2.05) is 29.3 Å². The molecule has 0 aliphatic carbocycles. The Bertz CT molecular complexity index is 685. The lowest BCUT2D eigenvalue weighted by atomic mass is 10.3. The molecule has 3 rings (SSSR count). The van der Waals surface area contributed by atoms with E-state index in [1.54, 1.807) is 11.3 Å². The number of anilines is 1. The summed E-state index contributed by atoms with van der Waals surface area (Å²) in [5, 5.41) is 11.3. The third-order valence-corrected chi connectivity index (χ3v) is 5.03. The van der Waals surface area contributed by atoms with Crippen LogP contribution >= 0.6 is 11.3 Å². The summed E-state index contributed by atoms with van der Waals surface area (Å²) < 4.78 is 0. The topological polar surface area (TPSA) is 62.2 Å². The van der Waals surface area contributed by atoms with Gasteiger partial charge in [-0.25, -0.2) is 4.98 Å². The van der Waals surface area contributed by atoms with Crippen LogP contribution in [0.4, 0.5) is 5.82 Å². The molecule has 0 saturated carbocycles. The number of carbonyl (C=O) groups is 1. The maximum atomic E-state index is 12.7. The first kappa shape index (κ1) is 16.8. The minimum Gasteiger partial charge on any atom is -0.353 e. The number of hydrogen-bond acceptors (Lipinski definition) is 6. The van der Waals surface area contributed by atoms with Gasteiger partial charge >= 0.3 is 0 Å². The molecule has 2 aromatic rings. The van der Waals surface area contributed by atoms with Crippen LogP contribution in [0.15, 0.2) is 17.5 Å². The van der Waals surface area contributed by atoms with E-state index in [1.165, 1.54) is 0 Å². The summed E-state index contributed by atoms with van der Waals surface area (Å²) in [6.07, 6.45) is 2.92. The molecule has 3 heterocycles. The Balaban J connectivity index is 1.64. The number of amides is 1. The Hall–Kier alpha value is -2.02. The van der Waals surface area contributed by atoms with Crippen LogP contribution < -0.4 is 4.90 Å². The third-order valence-electron chi connectivity index (χ3n) is 4.13. The molecule has 128 valence electrons. The standard InChI is InChI=1S/C17H23N5OS/c1-3-5-16-18-14(12-24-16)17(23)22-9-4-8-21(10-11-22)15-7-6-13(2)19-20-15/h6-7,12H,3-5,8-11H2,1-2H3. The summed E-state index contributed by atoms with van der Waals surface area (Å²) in [4.78, 5) is 21.3. The van der Waals surface area contributed by atoms with E-state index in [2.05, 4.69) is 27.0 Å². The minimum atomic E-state index is 0.0467.